The van der Waals surface area contributed by atoms with Crippen molar-refractivity contribution in [3.8, 4) is 0 Å². The Hall–Kier alpha value is -0.770. The number of alkyl halides is 1. The van der Waals surface area contributed by atoms with Crippen molar-refractivity contribution in [3.05, 3.63) is 24.2 Å². The minimum Gasteiger partial charge on any atom is -0.463 e. The highest BCUT2D eigenvalue weighted by Crippen LogP contribution is 2.17. The largest absolute Gasteiger partial charge is 0.463 e. The SMILES string of the molecule is BrC[C@@H]1CC(c2ccco2)=NO1. The molecule has 0 bridgehead atoms. The average Bonchev–Trinajstić information content (AvgIpc) is 2.75. The fourth-order valence-corrected chi connectivity index (χ4v) is 1.45. The summed E-state index contributed by atoms with van der Waals surface area (Å²) in [4.78, 5) is 5.12. The summed E-state index contributed by atoms with van der Waals surface area (Å²) in [6, 6.07) is 3.73. The molecule has 0 saturated carbocycles. The van der Waals surface area contributed by atoms with Gasteiger partial charge in [0.1, 0.15) is 11.8 Å². The van der Waals surface area contributed by atoms with Crippen molar-refractivity contribution in [3.63, 3.8) is 0 Å². The van der Waals surface area contributed by atoms with Crippen LogP contribution in [0.15, 0.2) is 28.0 Å². The van der Waals surface area contributed by atoms with Gasteiger partial charge in [0.25, 0.3) is 0 Å². The maximum Gasteiger partial charge on any atom is 0.151 e. The molecule has 3 nitrogen and oxygen atoms in total. The van der Waals surface area contributed by atoms with E-state index in [1.54, 1.807) is 6.26 Å². The molecule has 12 heavy (non-hydrogen) atoms. The Kier molecular flexibility index (Phi) is 2.17. The first kappa shape index (κ1) is 7.86. The molecule has 0 fully saturated rings. The Morgan fingerprint density at radius 1 is 1.67 bits per heavy atom. The van der Waals surface area contributed by atoms with Crippen LogP contribution >= 0.6 is 15.9 Å². The Labute approximate surface area is 78.5 Å². The van der Waals surface area contributed by atoms with Gasteiger partial charge >= 0.3 is 0 Å². The predicted molar refractivity (Wildman–Crippen MR) is 48.5 cm³/mol. The van der Waals surface area contributed by atoms with Crippen molar-refractivity contribution >= 4 is 21.6 Å². The van der Waals surface area contributed by atoms with Crippen LogP contribution in [0.4, 0.5) is 0 Å². The lowest BCUT2D eigenvalue weighted by molar-refractivity contribution is 0.104. The molecule has 0 N–H and O–H groups in total. The summed E-state index contributed by atoms with van der Waals surface area (Å²) in [5.74, 6) is 0.804. The van der Waals surface area contributed by atoms with Gasteiger partial charge < -0.3 is 9.25 Å². The number of halogens is 1. The van der Waals surface area contributed by atoms with Gasteiger partial charge in [-0.05, 0) is 12.1 Å². The van der Waals surface area contributed by atoms with E-state index < -0.39 is 0 Å². The van der Waals surface area contributed by atoms with Gasteiger partial charge in [0.05, 0.1) is 6.26 Å². The lowest BCUT2D eigenvalue weighted by atomic mass is 10.1. The van der Waals surface area contributed by atoms with E-state index in [-0.39, 0.29) is 6.10 Å². The van der Waals surface area contributed by atoms with E-state index in [0.29, 0.717) is 0 Å². The van der Waals surface area contributed by atoms with E-state index in [4.69, 9.17) is 9.25 Å². The van der Waals surface area contributed by atoms with E-state index in [1.165, 1.54) is 0 Å². The molecule has 0 aromatic carbocycles. The third-order valence-electron chi connectivity index (χ3n) is 1.71. The van der Waals surface area contributed by atoms with Crippen LogP contribution in [0.5, 0.6) is 0 Å². The van der Waals surface area contributed by atoms with E-state index >= 15 is 0 Å². The van der Waals surface area contributed by atoms with Crippen LogP contribution in [-0.2, 0) is 4.84 Å². The normalized spacial score (nSPS) is 22.1. The first-order chi connectivity index (χ1) is 5.90. The van der Waals surface area contributed by atoms with Crippen molar-refractivity contribution in [1.82, 2.24) is 0 Å². The molecule has 1 aliphatic rings. The van der Waals surface area contributed by atoms with Gasteiger partial charge in [0, 0.05) is 11.8 Å². The van der Waals surface area contributed by atoms with Crippen LogP contribution in [0, 0.1) is 0 Å². The second-order valence-corrected chi connectivity index (χ2v) is 3.25. The fraction of sp³-hybridized carbons (Fsp3) is 0.375. The summed E-state index contributed by atoms with van der Waals surface area (Å²) in [7, 11) is 0. The zero-order chi connectivity index (χ0) is 8.39. The Morgan fingerprint density at radius 2 is 2.58 bits per heavy atom. The lowest BCUT2D eigenvalue weighted by Gasteiger charge is -1.99. The van der Waals surface area contributed by atoms with Crippen LogP contribution in [0.2, 0.25) is 0 Å². The monoisotopic (exact) mass is 229 g/mol. The topological polar surface area (TPSA) is 34.7 Å². The molecule has 0 radical (unpaired) electrons. The summed E-state index contributed by atoms with van der Waals surface area (Å²) < 4.78 is 5.18. The molecule has 64 valence electrons. The second kappa shape index (κ2) is 3.31. The van der Waals surface area contributed by atoms with Gasteiger partial charge in [-0.25, -0.2) is 0 Å². The van der Waals surface area contributed by atoms with Crippen LogP contribution in [0.3, 0.4) is 0 Å². The molecule has 2 heterocycles. The zero-order valence-corrected chi connectivity index (χ0v) is 7.95. The van der Waals surface area contributed by atoms with E-state index in [0.717, 1.165) is 23.2 Å². The smallest absolute Gasteiger partial charge is 0.151 e. The molecule has 1 aromatic heterocycles. The minimum atomic E-state index is 0.157. The summed E-state index contributed by atoms with van der Waals surface area (Å²) >= 11 is 3.34. The molecular formula is C8H8BrNO2. The quantitative estimate of drug-likeness (QED) is 0.729. The van der Waals surface area contributed by atoms with Crippen molar-refractivity contribution in [2.24, 2.45) is 5.16 Å². The molecule has 1 atom stereocenters. The highest BCUT2D eigenvalue weighted by atomic mass is 79.9. The van der Waals surface area contributed by atoms with Gasteiger partial charge in [0.15, 0.2) is 5.76 Å². The molecule has 0 spiro atoms. The van der Waals surface area contributed by atoms with Gasteiger partial charge in [-0.15, -0.1) is 0 Å². The third kappa shape index (κ3) is 1.39. The molecule has 1 aromatic rings. The average molecular weight is 230 g/mol. The Morgan fingerprint density at radius 3 is 3.17 bits per heavy atom. The van der Waals surface area contributed by atoms with Crippen LogP contribution in [-0.4, -0.2) is 17.1 Å². The number of hydrogen-bond acceptors (Lipinski definition) is 3. The number of hydrogen-bond donors (Lipinski definition) is 0. The van der Waals surface area contributed by atoms with Crippen molar-refractivity contribution in [1.29, 1.82) is 0 Å². The molecule has 0 saturated heterocycles. The summed E-state index contributed by atoms with van der Waals surface area (Å²) in [6.07, 6.45) is 2.61. The van der Waals surface area contributed by atoms with Gasteiger partial charge in [-0.2, -0.15) is 0 Å². The van der Waals surface area contributed by atoms with Gasteiger partial charge in [-0.3, -0.25) is 0 Å². The van der Waals surface area contributed by atoms with Crippen LogP contribution < -0.4 is 0 Å². The van der Waals surface area contributed by atoms with Crippen molar-refractivity contribution < 1.29 is 9.25 Å². The second-order valence-electron chi connectivity index (χ2n) is 2.60. The third-order valence-corrected chi connectivity index (χ3v) is 2.43. The van der Waals surface area contributed by atoms with E-state index in [9.17, 15) is 0 Å². The van der Waals surface area contributed by atoms with Crippen molar-refractivity contribution in [2.75, 3.05) is 5.33 Å². The minimum absolute atomic E-state index is 0.157. The fourth-order valence-electron chi connectivity index (χ4n) is 1.10. The van der Waals surface area contributed by atoms with Crippen LogP contribution in [0.1, 0.15) is 12.2 Å². The molecule has 4 heteroatoms. The summed E-state index contributed by atoms with van der Waals surface area (Å²) in [5.41, 5.74) is 0.893. The molecule has 0 aliphatic carbocycles. The van der Waals surface area contributed by atoms with Gasteiger partial charge in [-0.1, -0.05) is 21.1 Å². The molecular weight excluding hydrogens is 222 g/mol. The first-order valence-electron chi connectivity index (χ1n) is 3.72. The maximum atomic E-state index is 5.18. The number of rotatable bonds is 2. The zero-order valence-electron chi connectivity index (χ0n) is 6.37. The molecule has 0 unspecified atom stereocenters. The van der Waals surface area contributed by atoms with E-state index in [1.807, 2.05) is 12.1 Å². The number of oxime groups is 1. The number of furan rings is 1. The highest BCUT2D eigenvalue weighted by Gasteiger charge is 2.22. The Balaban J connectivity index is 2.09. The molecule has 0 amide bonds. The standard InChI is InChI=1S/C8H8BrNO2/c9-5-6-4-7(10-12-6)8-2-1-3-11-8/h1-3,6H,4-5H2/t6-/m0/s1. The predicted octanol–water partition coefficient (Wildman–Crippen LogP) is 2.17. The maximum absolute atomic E-state index is 5.18. The number of nitrogens with zero attached hydrogens (tertiary/aromatic N) is 1. The highest BCUT2D eigenvalue weighted by molar-refractivity contribution is 9.09. The van der Waals surface area contributed by atoms with E-state index in [2.05, 4.69) is 21.1 Å². The lowest BCUT2D eigenvalue weighted by Crippen LogP contribution is -2.08. The first-order valence-corrected chi connectivity index (χ1v) is 4.85. The van der Waals surface area contributed by atoms with Crippen LogP contribution in [0.25, 0.3) is 0 Å². The summed E-state index contributed by atoms with van der Waals surface area (Å²) in [5, 5.41) is 4.73. The van der Waals surface area contributed by atoms with Crippen molar-refractivity contribution in [2.45, 2.75) is 12.5 Å². The molecule has 2 rings (SSSR count). The van der Waals surface area contributed by atoms with Gasteiger partial charge in [0.2, 0.25) is 0 Å². The summed E-state index contributed by atoms with van der Waals surface area (Å²) in [6.45, 7) is 0. The molecule has 1 aliphatic heterocycles. The Bertz CT molecular complexity index is 281.